The summed E-state index contributed by atoms with van der Waals surface area (Å²) >= 11 is 0. The van der Waals surface area contributed by atoms with Gasteiger partial charge < -0.3 is 20.3 Å². The monoisotopic (exact) mass is 504 g/mol. The maximum Gasteiger partial charge on any atom is 0.319 e. The quantitative estimate of drug-likeness (QED) is 0.524. The van der Waals surface area contributed by atoms with Gasteiger partial charge >= 0.3 is 6.03 Å². The molecule has 1 saturated heterocycles. The lowest BCUT2D eigenvalue weighted by atomic mass is 10.0. The number of amides is 2. The van der Waals surface area contributed by atoms with Crippen LogP contribution < -0.4 is 15.5 Å². The molecule has 0 saturated carbocycles. The molecule has 37 heavy (non-hydrogen) atoms. The predicted molar refractivity (Wildman–Crippen MR) is 142 cm³/mol. The first-order chi connectivity index (χ1) is 18.0. The number of ether oxygens (including phenoxy) is 1. The van der Waals surface area contributed by atoms with Crippen LogP contribution in [0.15, 0.2) is 48.5 Å². The van der Waals surface area contributed by atoms with Crippen LogP contribution in [0, 0.1) is 5.82 Å². The fourth-order valence-corrected chi connectivity index (χ4v) is 4.89. The van der Waals surface area contributed by atoms with Crippen LogP contribution in [-0.2, 0) is 24.2 Å². The highest BCUT2D eigenvalue weighted by Gasteiger charge is 2.29. The number of benzene rings is 2. The van der Waals surface area contributed by atoms with E-state index in [-0.39, 0.29) is 17.9 Å². The molecule has 194 valence electrons. The minimum atomic E-state index is -0.231. The summed E-state index contributed by atoms with van der Waals surface area (Å²) in [6, 6.07) is 14.3. The van der Waals surface area contributed by atoms with Gasteiger partial charge in [0.2, 0.25) is 0 Å². The minimum Gasteiger partial charge on any atom is -0.377 e. The summed E-state index contributed by atoms with van der Waals surface area (Å²) in [6.45, 7) is 9.07. The lowest BCUT2D eigenvalue weighted by Crippen LogP contribution is -2.45. The molecule has 5 rings (SSSR count). The number of morpholine rings is 1. The van der Waals surface area contributed by atoms with Gasteiger partial charge in [-0.15, -0.1) is 0 Å². The zero-order valence-corrected chi connectivity index (χ0v) is 21.3. The normalized spacial score (nSPS) is 17.8. The van der Waals surface area contributed by atoms with Crippen LogP contribution in [0.4, 0.5) is 20.7 Å². The number of hydrogen-bond donors (Lipinski definition) is 2. The average molecular weight is 505 g/mol. The standard InChI is InChI=1S/C28H33FN6O2/c1-3-30-28(36)31-23-10-6-21(7-11-23)26-32-25-17-34(16-20-4-8-22(29)9-5-20)13-12-24(25)27(33-26)35-14-15-37-18-19(35)2/h4-11,19H,3,12-18H2,1-2H3,(H2,30,31,36). The Hall–Kier alpha value is -3.56. The molecule has 3 aromatic rings. The molecule has 1 aromatic heterocycles. The lowest BCUT2D eigenvalue weighted by molar-refractivity contribution is 0.0983. The molecule has 0 bridgehead atoms. The molecule has 1 unspecified atom stereocenters. The number of halogens is 1. The van der Waals surface area contributed by atoms with Crippen LogP contribution in [-0.4, -0.2) is 59.8 Å². The molecule has 2 amide bonds. The van der Waals surface area contributed by atoms with Gasteiger partial charge in [0.15, 0.2) is 5.82 Å². The molecule has 1 atom stereocenters. The van der Waals surface area contributed by atoms with Crippen LogP contribution in [0.25, 0.3) is 11.4 Å². The van der Waals surface area contributed by atoms with Crippen molar-refractivity contribution in [2.75, 3.05) is 43.1 Å². The summed E-state index contributed by atoms with van der Waals surface area (Å²) < 4.78 is 19.1. The highest BCUT2D eigenvalue weighted by molar-refractivity contribution is 5.89. The van der Waals surface area contributed by atoms with Crippen molar-refractivity contribution in [3.8, 4) is 11.4 Å². The topological polar surface area (TPSA) is 82.6 Å². The molecule has 2 aromatic carbocycles. The molecular formula is C28H33FN6O2. The van der Waals surface area contributed by atoms with E-state index in [2.05, 4.69) is 27.4 Å². The van der Waals surface area contributed by atoms with Gasteiger partial charge in [-0.2, -0.15) is 0 Å². The molecule has 0 radical (unpaired) electrons. The Bertz CT molecular complexity index is 1230. The smallest absolute Gasteiger partial charge is 0.319 e. The van der Waals surface area contributed by atoms with Crippen molar-refractivity contribution in [1.29, 1.82) is 0 Å². The van der Waals surface area contributed by atoms with Crippen molar-refractivity contribution in [2.24, 2.45) is 0 Å². The number of hydrogen-bond acceptors (Lipinski definition) is 6. The van der Waals surface area contributed by atoms with Crippen molar-refractivity contribution in [3.05, 3.63) is 71.2 Å². The van der Waals surface area contributed by atoms with Crippen LogP contribution in [0.5, 0.6) is 0 Å². The zero-order valence-electron chi connectivity index (χ0n) is 21.3. The van der Waals surface area contributed by atoms with E-state index >= 15 is 0 Å². The van der Waals surface area contributed by atoms with E-state index in [4.69, 9.17) is 14.7 Å². The third-order valence-corrected chi connectivity index (χ3v) is 6.82. The molecule has 3 heterocycles. The molecule has 2 aliphatic heterocycles. The van der Waals surface area contributed by atoms with Gasteiger partial charge in [0, 0.05) is 49.5 Å². The zero-order chi connectivity index (χ0) is 25.8. The Labute approximate surface area is 216 Å². The summed E-state index contributed by atoms with van der Waals surface area (Å²) in [5.74, 6) is 1.43. The van der Waals surface area contributed by atoms with Gasteiger partial charge in [0.25, 0.3) is 0 Å². The highest BCUT2D eigenvalue weighted by Crippen LogP contribution is 2.32. The molecule has 0 spiro atoms. The van der Waals surface area contributed by atoms with E-state index in [1.807, 2.05) is 43.3 Å². The maximum absolute atomic E-state index is 13.4. The van der Waals surface area contributed by atoms with E-state index in [0.717, 1.165) is 48.7 Å². The molecule has 2 aliphatic rings. The van der Waals surface area contributed by atoms with Gasteiger partial charge in [0.1, 0.15) is 11.6 Å². The lowest BCUT2D eigenvalue weighted by Gasteiger charge is -2.38. The van der Waals surface area contributed by atoms with E-state index < -0.39 is 0 Å². The largest absolute Gasteiger partial charge is 0.377 e. The third kappa shape index (κ3) is 5.89. The number of anilines is 2. The summed E-state index contributed by atoms with van der Waals surface area (Å²) in [7, 11) is 0. The van der Waals surface area contributed by atoms with Crippen LogP contribution in [0.3, 0.4) is 0 Å². The minimum absolute atomic E-state index is 0.221. The third-order valence-electron chi connectivity index (χ3n) is 6.82. The first-order valence-electron chi connectivity index (χ1n) is 12.9. The number of carbonyl (C=O) groups excluding carboxylic acids is 1. The van der Waals surface area contributed by atoms with Gasteiger partial charge in [-0.3, -0.25) is 4.90 Å². The van der Waals surface area contributed by atoms with Crippen molar-refractivity contribution in [2.45, 2.75) is 39.4 Å². The number of nitrogens with one attached hydrogen (secondary N) is 2. The number of fused-ring (bicyclic) bond motifs is 1. The fraction of sp³-hybridized carbons (Fsp3) is 0.393. The average Bonchev–Trinajstić information content (AvgIpc) is 2.90. The van der Waals surface area contributed by atoms with Crippen LogP contribution >= 0.6 is 0 Å². The summed E-state index contributed by atoms with van der Waals surface area (Å²) in [5.41, 5.74) is 4.90. The van der Waals surface area contributed by atoms with Gasteiger partial charge in [-0.1, -0.05) is 12.1 Å². The number of carbonyl (C=O) groups is 1. The number of aromatic nitrogens is 2. The molecule has 2 N–H and O–H groups in total. The molecule has 0 aliphatic carbocycles. The molecule has 8 nitrogen and oxygen atoms in total. The fourth-order valence-electron chi connectivity index (χ4n) is 4.89. The Balaban J connectivity index is 1.44. The summed E-state index contributed by atoms with van der Waals surface area (Å²) in [4.78, 5) is 26.6. The van der Waals surface area contributed by atoms with Crippen LogP contribution in [0.2, 0.25) is 0 Å². The van der Waals surface area contributed by atoms with Gasteiger partial charge in [-0.25, -0.2) is 19.2 Å². The van der Waals surface area contributed by atoms with Crippen molar-refractivity contribution in [3.63, 3.8) is 0 Å². The van der Waals surface area contributed by atoms with Crippen molar-refractivity contribution in [1.82, 2.24) is 20.2 Å². The van der Waals surface area contributed by atoms with E-state index in [1.54, 1.807) is 0 Å². The number of nitrogens with zero attached hydrogens (tertiary/aromatic N) is 4. The highest BCUT2D eigenvalue weighted by atomic mass is 19.1. The van der Waals surface area contributed by atoms with E-state index in [9.17, 15) is 9.18 Å². The van der Waals surface area contributed by atoms with E-state index in [0.29, 0.717) is 37.8 Å². The summed E-state index contributed by atoms with van der Waals surface area (Å²) in [5, 5.41) is 5.56. The first kappa shape index (κ1) is 25.1. The second kappa shape index (κ2) is 11.2. The van der Waals surface area contributed by atoms with Crippen molar-refractivity contribution >= 4 is 17.5 Å². The van der Waals surface area contributed by atoms with Crippen LogP contribution in [0.1, 0.15) is 30.7 Å². The van der Waals surface area contributed by atoms with Crippen molar-refractivity contribution < 1.29 is 13.9 Å². The maximum atomic E-state index is 13.4. The number of urea groups is 1. The van der Waals surface area contributed by atoms with Gasteiger partial charge in [0.05, 0.1) is 24.9 Å². The number of rotatable bonds is 6. The molecule has 1 fully saturated rings. The second-order valence-electron chi connectivity index (χ2n) is 9.56. The predicted octanol–water partition coefficient (Wildman–Crippen LogP) is 4.21. The SMILES string of the molecule is CCNC(=O)Nc1ccc(-c2nc3c(c(N4CCOCC4C)n2)CCN(Cc2ccc(F)cc2)C3)cc1. The van der Waals surface area contributed by atoms with Gasteiger partial charge in [-0.05, 0) is 62.2 Å². The summed E-state index contributed by atoms with van der Waals surface area (Å²) in [6.07, 6.45) is 0.853. The Kier molecular flexibility index (Phi) is 7.62. The molecule has 9 heteroatoms. The van der Waals surface area contributed by atoms with E-state index in [1.165, 1.54) is 17.7 Å². The Morgan fingerprint density at radius 1 is 1.11 bits per heavy atom. The molecular weight excluding hydrogens is 471 g/mol. The Morgan fingerprint density at radius 3 is 2.62 bits per heavy atom. The Morgan fingerprint density at radius 2 is 1.89 bits per heavy atom. The first-order valence-corrected chi connectivity index (χ1v) is 12.9. The second-order valence-corrected chi connectivity index (χ2v) is 9.56.